The van der Waals surface area contributed by atoms with E-state index in [2.05, 4.69) is 60.4 Å². The summed E-state index contributed by atoms with van der Waals surface area (Å²) in [6.45, 7) is 3.34. The molecule has 2 atom stereocenters. The fourth-order valence-corrected chi connectivity index (χ4v) is 7.64. The molecule has 4 heterocycles. The number of thiophene rings is 1. The van der Waals surface area contributed by atoms with Gasteiger partial charge in [-0.25, -0.2) is 0 Å². The van der Waals surface area contributed by atoms with E-state index < -0.39 is 11.9 Å². The fourth-order valence-electron chi connectivity index (χ4n) is 5.45. The molecule has 6 rings (SSSR count). The molecular formula is C24H25BrClF3N6S2. The standard InChI is InChI=1S/C24H24BrF3N6S2.ClH/c1-32-20(18-10-17-19(24(26,27)28)31-33(2)21(17)36-18)29-30-22(32)35-9-3-8-34-12-15-11-23(15,13-34)14-4-6-16(25)7-5-14;/h4-7,10,15H,3,8-9,11-13H2,1-2H3;1H/t15-,23?;/m1./s1. The highest BCUT2D eigenvalue weighted by molar-refractivity contribution is 9.10. The van der Waals surface area contributed by atoms with Crippen molar-refractivity contribution in [2.75, 3.05) is 25.4 Å². The lowest BCUT2D eigenvalue weighted by atomic mass is 9.95. The van der Waals surface area contributed by atoms with E-state index in [4.69, 9.17) is 0 Å². The first kappa shape index (κ1) is 27.0. The second-order valence-corrected chi connectivity index (χ2v) is 12.7. The lowest BCUT2D eigenvalue weighted by Crippen LogP contribution is -2.27. The molecule has 198 valence electrons. The van der Waals surface area contributed by atoms with E-state index in [-0.39, 0.29) is 17.8 Å². The number of alkyl halides is 3. The molecule has 13 heteroatoms. The summed E-state index contributed by atoms with van der Waals surface area (Å²) < 4.78 is 44.3. The number of thioether (sulfide) groups is 1. The van der Waals surface area contributed by atoms with E-state index in [9.17, 15) is 13.2 Å². The predicted molar refractivity (Wildman–Crippen MR) is 147 cm³/mol. The van der Waals surface area contributed by atoms with Crippen molar-refractivity contribution >= 4 is 61.7 Å². The fraction of sp³-hybridized carbons (Fsp3) is 0.458. The normalized spacial score (nSPS) is 21.4. The van der Waals surface area contributed by atoms with Crippen molar-refractivity contribution < 1.29 is 13.2 Å². The van der Waals surface area contributed by atoms with Crippen LogP contribution in [0.4, 0.5) is 13.2 Å². The summed E-state index contributed by atoms with van der Waals surface area (Å²) in [5.74, 6) is 2.25. The summed E-state index contributed by atoms with van der Waals surface area (Å²) in [4.78, 5) is 3.70. The van der Waals surface area contributed by atoms with Gasteiger partial charge in [-0.2, -0.15) is 18.3 Å². The third-order valence-electron chi connectivity index (χ3n) is 7.32. The number of benzene rings is 1. The van der Waals surface area contributed by atoms with Crippen LogP contribution in [0.15, 0.2) is 40.0 Å². The molecule has 37 heavy (non-hydrogen) atoms. The van der Waals surface area contributed by atoms with Gasteiger partial charge in [-0.15, -0.1) is 33.9 Å². The molecule has 1 saturated carbocycles. The first-order valence-electron chi connectivity index (χ1n) is 11.7. The zero-order valence-corrected chi connectivity index (χ0v) is 24.2. The van der Waals surface area contributed by atoms with Crippen LogP contribution >= 0.6 is 51.4 Å². The SMILES string of the molecule is Cl.Cn1c(SCCCN2C[C@H]3CC3(c3ccc(Br)cc3)C2)nnc1-c1cc2c(C(F)(F)F)nn(C)c2s1. The van der Waals surface area contributed by atoms with Crippen LogP contribution in [0.3, 0.4) is 0 Å². The zero-order valence-electron chi connectivity index (χ0n) is 20.1. The van der Waals surface area contributed by atoms with Crippen LogP contribution in [0.2, 0.25) is 0 Å². The molecule has 1 unspecified atom stereocenters. The van der Waals surface area contributed by atoms with Crippen molar-refractivity contribution in [3.63, 3.8) is 0 Å². The van der Waals surface area contributed by atoms with E-state index in [1.165, 1.54) is 41.1 Å². The first-order valence-corrected chi connectivity index (χ1v) is 14.3. The van der Waals surface area contributed by atoms with Gasteiger partial charge in [0, 0.05) is 48.2 Å². The molecule has 1 aliphatic heterocycles. The van der Waals surface area contributed by atoms with Gasteiger partial charge in [0.1, 0.15) is 4.83 Å². The van der Waals surface area contributed by atoms with Crippen molar-refractivity contribution in [1.29, 1.82) is 0 Å². The number of piperidine rings is 1. The van der Waals surface area contributed by atoms with E-state index in [0.717, 1.165) is 47.4 Å². The topological polar surface area (TPSA) is 51.8 Å². The summed E-state index contributed by atoms with van der Waals surface area (Å²) in [5, 5.41) is 13.1. The second kappa shape index (κ2) is 9.86. The third-order valence-corrected chi connectivity index (χ3v) is 10.2. The van der Waals surface area contributed by atoms with Gasteiger partial charge >= 0.3 is 6.18 Å². The number of halogens is 5. The Morgan fingerprint density at radius 1 is 1.19 bits per heavy atom. The number of fused-ring (bicyclic) bond motifs is 2. The molecule has 0 radical (unpaired) electrons. The third kappa shape index (κ3) is 4.84. The number of nitrogens with zero attached hydrogens (tertiary/aromatic N) is 6. The van der Waals surface area contributed by atoms with Gasteiger partial charge in [0.05, 0.1) is 4.88 Å². The highest BCUT2D eigenvalue weighted by Gasteiger charge is 2.60. The summed E-state index contributed by atoms with van der Waals surface area (Å²) in [7, 11) is 3.39. The van der Waals surface area contributed by atoms with Crippen molar-refractivity contribution in [2.45, 2.75) is 29.6 Å². The number of rotatable bonds is 7. The first-order chi connectivity index (χ1) is 17.2. The van der Waals surface area contributed by atoms with Crippen LogP contribution in [0, 0.1) is 5.92 Å². The van der Waals surface area contributed by atoms with Crippen molar-refractivity contribution in [2.24, 2.45) is 20.0 Å². The Hall–Kier alpha value is -1.60. The van der Waals surface area contributed by atoms with Gasteiger partial charge in [0.25, 0.3) is 0 Å². The van der Waals surface area contributed by atoms with E-state index >= 15 is 0 Å². The average molecular weight is 634 g/mol. The smallest absolute Gasteiger partial charge is 0.304 e. The Balaban J connectivity index is 0.00000280. The minimum Gasteiger partial charge on any atom is -0.304 e. The predicted octanol–water partition coefficient (Wildman–Crippen LogP) is 6.39. The number of aromatic nitrogens is 5. The summed E-state index contributed by atoms with van der Waals surface area (Å²) >= 11 is 6.42. The van der Waals surface area contributed by atoms with Crippen LogP contribution in [0.5, 0.6) is 0 Å². The van der Waals surface area contributed by atoms with Gasteiger partial charge in [0.15, 0.2) is 16.7 Å². The average Bonchev–Trinajstić information content (AvgIpc) is 3.22. The molecule has 6 nitrogen and oxygen atoms in total. The molecule has 1 saturated heterocycles. The molecule has 2 fully saturated rings. The Kier molecular flexibility index (Phi) is 7.19. The Bertz CT molecular complexity index is 1430. The molecule has 0 spiro atoms. The Morgan fingerprint density at radius 3 is 2.68 bits per heavy atom. The summed E-state index contributed by atoms with van der Waals surface area (Å²) in [6.07, 6.45) is -2.16. The lowest BCUT2D eigenvalue weighted by molar-refractivity contribution is -0.140. The molecule has 1 aromatic carbocycles. The Morgan fingerprint density at radius 2 is 1.95 bits per heavy atom. The van der Waals surface area contributed by atoms with Gasteiger partial charge in [0.2, 0.25) is 0 Å². The van der Waals surface area contributed by atoms with Gasteiger partial charge < -0.3 is 9.47 Å². The van der Waals surface area contributed by atoms with Gasteiger partial charge in [-0.1, -0.05) is 39.8 Å². The molecule has 1 aliphatic carbocycles. The van der Waals surface area contributed by atoms with Crippen LogP contribution < -0.4 is 0 Å². The number of hydrogen-bond acceptors (Lipinski definition) is 6. The van der Waals surface area contributed by atoms with Crippen LogP contribution in [-0.2, 0) is 25.7 Å². The van der Waals surface area contributed by atoms with Crippen LogP contribution in [0.1, 0.15) is 24.1 Å². The molecule has 0 amide bonds. The van der Waals surface area contributed by atoms with Crippen molar-refractivity contribution in [1.82, 2.24) is 29.4 Å². The second-order valence-electron chi connectivity index (χ2n) is 9.67. The summed E-state index contributed by atoms with van der Waals surface area (Å²) in [5.41, 5.74) is 0.942. The van der Waals surface area contributed by atoms with E-state index in [1.807, 2.05) is 11.6 Å². The maximum atomic E-state index is 13.3. The number of hydrogen-bond donors (Lipinski definition) is 0. The molecule has 3 aromatic heterocycles. The number of aryl methyl sites for hydroxylation is 1. The quantitative estimate of drug-likeness (QED) is 0.174. The number of likely N-dealkylation sites (tertiary alicyclic amines) is 1. The molecule has 4 aromatic rings. The molecule has 0 N–H and O–H groups in total. The maximum absolute atomic E-state index is 13.3. The van der Waals surface area contributed by atoms with E-state index in [1.54, 1.807) is 11.8 Å². The van der Waals surface area contributed by atoms with Gasteiger partial charge in [-0.05, 0) is 49.1 Å². The van der Waals surface area contributed by atoms with Crippen LogP contribution in [-0.4, -0.2) is 54.8 Å². The minimum atomic E-state index is -4.49. The molecule has 0 bridgehead atoms. The maximum Gasteiger partial charge on any atom is 0.435 e. The molecule has 2 aliphatic rings. The van der Waals surface area contributed by atoms with Crippen molar-refractivity contribution in [3.8, 4) is 10.7 Å². The molecular weight excluding hydrogens is 609 g/mol. The Labute approximate surface area is 235 Å². The highest BCUT2D eigenvalue weighted by Crippen LogP contribution is 2.59. The largest absolute Gasteiger partial charge is 0.435 e. The monoisotopic (exact) mass is 632 g/mol. The lowest BCUT2D eigenvalue weighted by Gasteiger charge is -2.21. The van der Waals surface area contributed by atoms with Crippen molar-refractivity contribution in [3.05, 3.63) is 46.1 Å². The van der Waals surface area contributed by atoms with Crippen LogP contribution in [0.25, 0.3) is 20.9 Å². The zero-order chi connectivity index (χ0) is 25.2. The highest BCUT2D eigenvalue weighted by atomic mass is 79.9. The van der Waals surface area contributed by atoms with E-state index in [0.29, 0.717) is 20.9 Å². The summed E-state index contributed by atoms with van der Waals surface area (Å²) in [6, 6.07) is 10.3. The minimum absolute atomic E-state index is 0. The van der Waals surface area contributed by atoms with Gasteiger partial charge in [-0.3, -0.25) is 4.68 Å².